The lowest BCUT2D eigenvalue weighted by molar-refractivity contribution is 0.257. The molecular weight excluding hydrogens is 276 g/mol. The third-order valence-electron chi connectivity index (χ3n) is 2.97. The molecule has 0 amide bonds. The Balaban J connectivity index is 3.05. The fourth-order valence-corrected chi connectivity index (χ4v) is 2.60. The van der Waals surface area contributed by atoms with E-state index in [9.17, 15) is 8.42 Å². The highest BCUT2D eigenvalue weighted by Gasteiger charge is 2.20. The minimum Gasteiger partial charge on any atom is -0.492 e. The molecule has 110 valence electrons. The summed E-state index contributed by atoms with van der Waals surface area (Å²) in [6.07, 6.45) is 0.501. The first-order valence-electron chi connectivity index (χ1n) is 6.25. The van der Waals surface area contributed by atoms with Gasteiger partial charge in [0.1, 0.15) is 10.6 Å². The van der Waals surface area contributed by atoms with Gasteiger partial charge in [-0.15, -0.1) is 0 Å². The standard InChI is InChI=1S/C14H20N2O3S/c1-10-7-11(2)13(12(8-10)20(16,17)18)19-6-5-14(3,4)9-15/h7-8H,5-6H2,1-4H3,(H2,16,17,18). The Morgan fingerprint density at radius 2 is 1.95 bits per heavy atom. The van der Waals surface area contributed by atoms with Gasteiger partial charge in [0.15, 0.2) is 0 Å². The molecule has 20 heavy (non-hydrogen) atoms. The lowest BCUT2D eigenvalue weighted by Crippen LogP contribution is -2.17. The van der Waals surface area contributed by atoms with Crippen LogP contribution in [0.2, 0.25) is 0 Å². The van der Waals surface area contributed by atoms with Crippen LogP contribution in [0.1, 0.15) is 31.4 Å². The van der Waals surface area contributed by atoms with Crippen LogP contribution in [0.15, 0.2) is 17.0 Å². The van der Waals surface area contributed by atoms with Gasteiger partial charge in [0.25, 0.3) is 0 Å². The van der Waals surface area contributed by atoms with Crippen LogP contribution in [0.25, 0.3) is 0 Å². The number of primary sulfonamides is 1. The molecule has 0 unspecified atom stereocenters. The first-order valence-corrected chi connectivity index (χ1v) is 7.79. The summed E-state index contributed by atoms with van der Waals surface area (Å²) in [5.41, 5.74) is 1.00. The van der Waals surface area contributed by atoms with Crippen molar-refractivity contribution < 1.29 is 13.2 Å². The second kappa shape index (κ2) is 5.81. The smallest absolute Gasteiger partial charge is 0.241 e. The largest absolute Gasteiger partial charge is 0.492 e. The van der Waals surface area contributed by atoms with Gasteiger partial charge in [-0.3, -0.25) is 0 Å². The van der Waals surface area contributed by atoms with Crippen LogP contribution < -0.4 is 9.88 Å². The Bertz CT molecular complexity index is 643. The first-order chi connectivity index (χ1) is 9.07. The molecule has 0 aliphatic carbocycles. The molecule has 1 rings (SSSR count). The lowest BCUT2D eigenvalue weighted by atomic mass is 9.92. The normalized spacial score (nSPS) is 12.0. The molecule has 0 atom stereocenters. The van der Waals surface area contributed by atoms with Crippen LogP contribution in [-0.2, 0) is 10.0 Å². The van der Waals surface area contributed by atoms with E-state index in [1.54, 1.807) is 27.7 Å². The Kier molecular flexibility index (Phi) is 4.79. The summed E-state index contributed by atoms with van der Waals surface area (Å²) in [6.45, 7) is 7.43. The van der Waals surface area contributed by atoms with Gasteiger partial charge in [0, 0.05) is 0 Å². The topological polar surface area (TPSA) is 93.2 Å². The number of hydrogen-bond acceptors (Lipinski definition) is 4. The molecular formula is C14H20N2O3S. The number of sulfonamides is 1. The van der Waals surface area contributed by atoms with Crippen LogP contribution in [0, 0.1) is 30.6 Å². The molecule has 0 aliphatic heterocycles. The van der Waals surface area contributed by atoms with Gasteiger partial charge in [-0.2, -0.15) is 5.26 Å². The van der Waals surface area contributed by atoms with Crippen LogP contribution in [0.4, 0.5) is 0 Å². The molecule has 0 bridgehead atoms. The van der Waals surface area contributed by atoms with Gasteiger partial charge in [-0.25, -0.2) is 13.6 Å². The number of nitrogens with zero attached hydrogens (tertiary/aromatic N) is 1. The number of rotatable bonds is 5. The molecule has 0 heterocycles. The van der Waals surface area contributed by atoms with Crippen molar-refractivity contribution in [1.29, 1.82) is 5.26 Å². The van der Waals surface area contributed by atoms with E-state index in [-0.39, 0.29) is 17.3 Å². The van der Waals surface area contributed by atoms with Crippen LogP contribution >= 0.6 is 0 Å². The van der Waals surface area contributed by atoms with E-state index in [2.05, 4.69) is 6.07 Å². The van der Waals surface area contributed by atoms with Crippen molar-refractivity contribution in [3.05, 3.63) is 23.3 Å². The SMILES string of the molecule is Cc1cc(C)c(OCCC(C)(C)C#N)c(S(N)(=O)=O)c1. The molecule has 0 fully saturated rings. The zero-order chi connectivity index (χ0) is 15.6. The minimum atomic E-state index is -3.84. The molecule has 0 saturated carbocycles. The quantitative estimate of drug-likeness (QED) is 0.902. The number of aryl methyl sites for hydroxylation is 2. The zero-order valence-electron chi connectivity index (χ0n) is 12.2. The Morgan fingerprint density at radius 1 is 1.35 bits per heavy atom. The van der Waals surface area contributed by atoms with Crippen molar-refractivity contribution in [2.75, 3.05) is 6.61 Å². The van der Waals surface area contributed by atoms with Gasteiger partial charge in [-0.05, 0) is 51.3 Å². The van der Waals surface area contributed by atoms with Crippen molar-refractivity contribution in [2.24, 2.45) is 10.6 Å². The zero-order valence-corrected chi connectivity index (χ0v) is 13.0. The van der Waals surface area contributed by atoms with Gasteiger partial charge < -0.3 is 4.74 Å². The molecule has 2 N–H and O–H groups in total. The molecule has 0 radical (unpaired) electrons. The van der Waals surface area contributed by atoms with Crippen molar-refractivity contribution >= 4 is 10.0 Å². The highest BCUT2D eigenvalue weighted by atomic mass is 32.2. The van der Waals surface area contributed by atoms with Gasteiger partial charge in [0.2, 0.25) is 10.0 Å². The van der Waals surface area contributed by atoms with E-state index in [4.69, 9.17) is 15.1 Å². The second-order valence-corrected chi connectivity index (χ2v) is 7.08. The van der Waals surface area contributed by atoms with Crippen LogP contribution in [0.5, 0.6) is 5.75 Å². The Morgan fingerprint density at radius 3 is 2.45 bits per heavy atom. The summed E-state index contributed by atoms with van der Waals surface area (Å²) in [7, 11) is -3.84. The molecule has 1 aromatic rings. The summed E-state index contributed by atoms with van der Waals surface area (Å²) in [6, 6.07) is 5.50. The third kappa shape index (κ3) is 4.22. The summed E-state index contributed by atoms with van der Waals surface area (Å²) in [4.78, 5) is -0.00948. The maximum Gasteiger partial charge on any atom is 0.241 e. The van der Waals surface area contributed by atoms with Gasteiger partial charge in [-0.1, -0.05) is 6.07 Å². The number of nitriles is 1. The number of ether oxygens (including phenoxy) is 1. The molecule has 0 aliphatic rings. The molecule has 0 aromatic heterocycles. The molecule has 0 spiro atoms. The molecule has 5 nitrogen and oxygen atoms in total. The number of nitrogens with two attached hydrogens (primary N) is 1. The number of benzene rings is 1. The second-order valence-electron chi connectivity index (χ2n) is 5.55. The summed E-state index contributed by atoms with van der Waals surface area (Å²) < 4.78 is 28.8. The summed E-state index contributed by atoms with van der Waals surface area (Å²) in [5, 5.41) is 14.2. The fourth-order valence-electron chi connectivity index (χ4n) is 1.78. The average molecular weight is 296 g/mol. The van der Waals surface area contributed by atoms with Crippen molar-refractivity contribution in [1.82, 2.24) is 0 Å². The van der Waals surface area contributed by atoms with Gasteiger partial charge in [0.05, 0.1) is 18.1 Å². The highest BCUT2D eigenvalue weighted by molar-refractivity contribution is 7.89. The Labute approximate surface area is 120 Å². The summed E-state index contributed by atoms with van der Waals surface area (Å²) in [5.74, 6) is 0.270. The maximum absolute atomic E-state index is 11.6. The van der Waals surface area contributed by atoms with Crippen molar-refractivity contribution in [2.45, 2.75) is 39.0 Å². The van der Waals surface area contributed by atoms with Crippen molar-refractivity contribution in [3.63, 3.8) is 0 Å². The van der Waals surface area contributed by atoms with E-state index in [1.165, 1.54) is 6.07 Å². The van der Waals surface area contributed by atoms with E-state index in [0.29, 0.717) is 12.0 Å². The third-order valence-corrected chi connectivity index (χ3v) is 3.88. The fraction of sp³-hybridized carbons (Fsp3) is 0.500. The first kappa shape index (κ1) is 16.5. The molecule has 0 saturated heterocycles. The maximum atomic E-state index is 11.6. The van der Waals surface area contributed by atoms with E-state index in [1.807, 2.05) is 6.07 Å². The summed E-state index contributed by atoms with van der Waals surface area (Å²) >= 11 is 0. The number of hydrogen-bond donors (Lipinski definition) is 1. The Hall–Kier alpha value is -1.58. The monoisotopic (exact) mass is 296 g/mol. The van der Waals surface area contributed by atoms with Crippen molar-refractivity contribution in [3.8, 4) is 11.8 Å². The predicted octanol–water partition coefficient (Wildman–Crippen LogP) is 2.27. The highest BCUT2D eigenvalue weighted by Crippen LogP contribution is 2.29. The minimum absolute atomic E-state index is 0.00948. The lowest BCUT2D eigenvalue weighted by Gasteiger charge is -2.18. The van der Waals surface area contributed by atoms with Crippen LogP contribution in [0.3, 0.4) is 0 Å². The average Bonchev–Trinajstić information content (AvgIpc) is 2.30. The van der Waals surface area contributed by atoms with Crippen LogP contribution in [-0.4, -0.2) is 15.0 Å². The van der Waals surface area contributed by atoms with Gasteiger partial charge >= 0.3 is 0 Å². The van der Waals surface area contributed by atoms with E-state index < -0.39 is 15.4 Å². The molecule has 1 aromatic carbocycles. The van der Waals surface area contributed by atoms with E-state index in [0.717, 1.165) is 5.56 Å². The predicted molar refractivity (Wildman–Crippen MR) is 76.8 cm³/mol. The van der Waals surface area contributed by atoms with E-state index >= 15 is 0 Å². The molecule has 6 heteroatoms.